The third kappa shape index (κ3) is 3.09. The third-order valence-electron chi connectivity index (χ3n) is 7.71. The monoisotopic (exact) mass is 352 g/mol. The van der Waals surface area contributed by atoms with Crippen molar-refractivity contribution >= 4 is 5.91 Å². The quantitative estimate of drug-likeness (QED) is 0.827. The topological polar surface area (TPSA) is 23.6 Å². The molecule has 6 rings (SSSR count). The number of hydrogen-bond acceptors (Lipinski definition) is 2. The van der Waals surface area contributed by atoms with Crippen LogP contribution < -0.4 is 0 Å². The summed E-state index contributed by atoms with van der Waals surface area (Å²) >= 11 is 0. The number of carbonyl (C=O) groups excluding carboxylic acids is 1. The van der Waals surface area contributed by atoms with Crippen LogP contribution in [-0.4, -0.2) is 48.4 Å². The Morgan fingerprint density at radius 2 is 1.46 bits per heavy atom. The first kappa shape index (κ1) is 16.8. The first-order chi connectivity index (χ1) is 12.7. The minimum absolute atomic E-state index is 0.0426. The van der Waals surface area contributed by atoms with E-state index in [9.17, 15) is 4.79 Å². The Morgan fingerprint density at radius 1 is 0.885 bits per heavy atom. The summed E-state index contributed by atoms with van der Waals surface area (Å²) in [7, 11) is 0. The summed E-state index contributed by atoms with van der Waals surface area (Å²) < 4.78 is 0. The van der Waals surface area contributed by atoms with Crippen LogP contribution in [0, 0.1) is 23.2 Å². The number of carbonyl (C=O) groups is 1. The molecule has 3 heteroatoms. The normalized spacial score (nSPS) is 36.5. The second-order valence-corrected chi connectivity index (χ2v) is 9.57. The molecule has 0 spiro atoms. The lowest BCUT2D eigenvalue weighted by molar-refractivity contribution is -0.159. The van der Waals surface area contributed by atoms with Gasteiger partial charge < -0.3 is 4.90 Å². The zero-order valence-electron chi connectivity index (χ0n) is 15.9. The van der Waals surface area contributed by atoms with E-state index >= 15 is 0 Å². The highest BCUT2D eigenvalue weighted by atomic mass is 16.2. The van der Waals surface area contributed by atoms with Crippen molar-refractivity contribution in [3.63, 3.8) is 0 Å². The van der Waals surface area contributed by atoms with E-state index in [1.165, 1.54) is 44.1 Å². The Hall–Kier alpha value is -1.35. The Bertz CT molecular complexity index is 612. The first-order valence-electron chi connectivity index (χ1n) is 10.8. The molecule has 0 unspecified atom stereocenters. The van der Waals surface area contributed by atoms with E-state index in [1.54, 1.807) is 0 Å². The summed E-state index contributed by atoms with van der Waals surface area (Å²) in [6.07, 6.45) is 8.97. The molecule has 4 saturated carbocycles. The molecule has 1 amide bonds. The summed E-state index contributed by atoms with van der Waals surface area (Å²) in [4.78, 5) is 18.2. The Balaban J connectivity index is 1.16. The van der Waals surface area contributed by atoms with Gasteiger partial charge in [0.15, 0.2) is 0 Å². The highest BCUT2D eigenvalue weighted by Gasteiger charge is 2.55. The van der Waals surface area contributed by atoms with Gasteiger partial charge in [-0.2, -0.15) is 0 Å². The molecule has 1 heterocycles. The molecule has 0 atom stereocenters. The number of benzene rings is 1. The van der Waals surface area contributed by atoms with Crippen LogP contribution in [0.25, 0.3) is 0 Å². The van der Waals surface area contributed by atoms with Crippen LogP contribution in [0.2, 0.25) is 0 Å². The predicted octanol–water partition coefficient (Wildman–Crippen LogP) is 3.59. The van der Waals surface area contributed by atoms with E-state index in [2.05, 4.69) is 40.1 Å². The molecule has 1 saturated heterocycles. The van der Waals surface area contributed by atoms with E-state index in [4.69, 9.17) is 0 Å². The van der Waals surface area contributed by atoms with Gasteiger partial charge >= 0.3 is 0 Å². The van der Waals surface area contributed by atoms with Crippen molar-refractivity contribution < 1.29 is 4.79 Å². The van der Waals surface area contributed by atoms with Crippen LogP contribution in [-0.2, 0) is 11.2 Å². The lowest BCUT2D eigenvalue weighted by Gasteiger charge is -2.57. The number of hydrogen-bond donors (Lipinski definition) is 0. The average molecular weight is 353 g/mol. The lowest BCUT2D eigenvalue weighted by Crippen LogP contribution is -2.58. The predicted molar refractivity (Wildman–Crippen MR) is 104 cm³/mol. The molecule has 0 N–H and O–H groups in total. The minimum Gasteiger partial charge on any atom is -0.340 e. The van der Waals surface area contributed by atoms with Crippen molar-refractivity contribution in [2.45, 2.75) is 44.9 Å². The standard InChI is InChI=1S/C23H32N2O/c26-22(23-15-19-12-20(16-23)14-21(13-19)17-23)25-10-8-24(9-11-25)7-6-18-4-2-1-3-5-18/h1-5,19-21H,6-17H2. The fourth-order valence-corrected chi connectivity index (χ4v) is 6.81. The molecule has 1 aromatic carbocycles. The summed E-state index contributed by atoms with van der Waals surface area (Å²) in [6.45, 7) is 5.09. The van der Waals surface area contributed by atoms with Crippen molar-refractivity contribution in [1.29, 1.82) is 0 Å². The van der Waals surface area contributed by atoms with Gasteiger partial charge in [-0.05, 0) is 68.3 Å². The van der Waals surface area contributed by atoms with Crippen LogP contribution in [0.15, 0.2) is 30.3 Å². The summed E-state index contributed by atoms with van der Waals surface area (Å²) in [5.41, 5.74) is 1.46. The minimum atomic E-state index is 0.0426. The molecule has 4 aliphatic carbocycles. The number of amides is 1. The van der Waals surface area contributed by atoms with E-state index in [0.29, 0.717) is 5.91 Å². The first-order valence-corrected chi connectivity index (χ1v) is 10.8. The highest BCUT2D eigenvalue weighted by Crippen LogP contribution is 2.60. The van der Waals surface area contributed by atoms with Gasteiger partial charge in [-0.15, -0.1) is 0 Å². The Labute approximate surface area is 157 Å². The van der Waals surface area contributed by atoms with Gasteiger partial charge in [0.25, 0.3) is 0 Å². The highest BCUT2D eigenvalue weighted by molar-refractivity contribution is 5.83. The molecule has 5 aliphatic rings. The number of rotatable bonds is 4. The number of nitrogens with zero attached hydrogens (tertiary/aromatic N) is 2. The van der Waals surface area contributed by atoms with Gasteiger partial charge in [-0.3, -0.25) is 9.69 Å². The molecule has 0 aromatic heterocycles. The molecular formula is C23H32N2O. The number of piperazine rings is 1. The fraction of sp³-hybridized carbons (Fsp3) is 0.696. The summed E-state index contributed by atoms with van der Waals surface area (Å²) in [5, 5.41) is 0. The van der Waals surface area contributed by atoms with Crippen LogP contribution in [0.5, 0.6) is 0 Å². The second kappa shape index (κ2) is 6.67. The van der Waals surface area contributed by atoms with E-state index in [1.807, 2.05) is 0 Å². The van der Waals surface area contributed by atoms with Gasteiger partial charge in [-0.25, -0.2) is 0 Å². The van der Waals surface area contributed by atoms with Gasteiger partial charge in [-0.1, -0.05) is 30.3 Å². The van der Waals surface area contributed by atoms with Crippen molar-refractivity contribution in [2.75, 3.05) is 32.7 Å². The average Bonchev–Trinajstić information content (AvgIpc) is 2.66. The maximum atomic E-state index is 13.4. The maximum absolute atomic E-state index is 13.4. The zero-order valence-corrected chi connectivity index (χ0v) is 15.9. The molecule has 3 nitrogen and oxygen atoms in total. The molecule has 0 radical (unpaired) electrons. The zero-order chi connectivity index (χ0) is 17.6. The van der Waals surface area contributed by atoms with E-state index in [-0.39, 0.29) is 5.41 Å². The molecule has 26 heavy (non-hydrogen) atoms. The van der Waals surface area contributed by atoms with Gasteiger partial charge in [0.1, 0.15) is 0 Å². The maximum Gasteiger partial charge on any atom is 0.228 e. The van der Waals surface area contributed by atoms with Crippen molar-refractivity contribution in [3.05, 3.63) is 35.9 Å². The lowest BCUT2D eigenvalue weighted by atomic mass is 9.49. The SMILES string of the molecule is O=C(N1CCN(CCc2ccccc2)CC1)C12CC3CC(CC(C3)C1)C2. The van der Waals surface area contributed by atoms with Gasteiger partial charge in [0, 0.05) is 32.7 Å². The molecular weight excluding hydrogens is 320 g/mol. The van der Waals surface area contributed by atoms with Crippen molar-refractivity contribution in [1.82, 2.24) is 9.80 Å². The van der Waals surface area contributed by atoms with Crippen LogP contribution in [0.1, 0.15) is 44.1 Å². The van der Waals surface area contributed by atoms with Gasteiger partial charge in [0.2, 0.25) is 5.91 Å². The second-order valence-electron chi connectivity index (χ2n) is 9.57. The van der Waals surface area contributed by atoms with Crippen LogP contribution >= 0.6 is 0 Å². The molecule has 4 bridgehead atoms. The van der Waals surface area contributed by atoms with Crippen LogP contribution in [0.4, 0.5) is 0 Å². The molecule has 1 aromatic rings. The van der Waals surface area contributed by atoms with Gasteiger partial charge in [0.05, 0.1) is 5.41 Å². The summed E-state index contributed by atoms with van der Waals surface area (Å²) in [5.74, 6) is 3.10. The summed E-state index contributed by atoms with van der Waals surface area (Å²) in [6, 6.07) is 10.8. The molecule has 1 aliphatic heterocycles. The molecule has 140 valence electrons. The fourth-order valence-electron chi connectivity index (χ4n) is 6.81. The van der Waals surface area contributed by atoms with E-state index in [0.717, 1.165) is 56.9 Å². The Morgan fingerprint density at radius 3 is 2.04 bits per heavy atom. The van der Waals surface area contributed by atoms with Crippen molar-refractivity contribution in [3.8, 4) is 0 Å². The van der Waals surface area contributed by atoms with E-state index < -0.39 is 0 Å². The smallest absolute Gasteiger partial charge is 0.228 e. The third-order valence-corrected chi connectivity index (χ3v) is 7.71. The van der Waals surface area contributed by atoms with Crippen LogP contribution in [0.3, 0.4) is 0 Å². The largest absolute Gasteiger partial charge is 0.340 e. The molecule has 5 fully saturated rings. The van der Waals surface area contributed by atoms with Crippen molar-refractivity contribution in [2.24, 2.45) is 23.2 Å². The Kier molecular flexibility index (Phi) is 4.31.